The third-order valence-corrected chi connectivity index (χ3v) is 5.25. The van der Waals surface area contributed by atoms with Crippen LogP contribution >= 0.6 is 0 Å². The fourth-order valence-electron chi connectivity index (χ4n) is 3.32. The highest BCUT2D eigenvalue weighted by Crippen LogP contribution is 2.29. The first-order valence-electron chi connectivity index (χ1n) is 10.2. The lowest BCUT2D eigenvalue weighted by Gasteiger charge is -2.14. The van der Waals surface area contributed by atoms with Crippen molar-refractivity contribution in [3.8, 4) is 11.5 Å². The summed E-state index contributed by atoms with van der Waals surface area (Å²) in [5.41, 5.74) is 7.48. The minimum absolute atomic E-state index is 0.334. The van der Waals surface area contributed by atoms with Crippen LogP contribution in [0.1, 0.15) is 26.3 Å². The standard InChI is InChI=1S/C25H26N6/c1-6-17(12-19(7-2)27-16(5)15(3)4)18-8-9-21-20(13-18)24(31-30-21)25-28-22-10-11-26-14-23(22)29-25/h6-15,27H,2,5H2,1,3-4H3,(H,28,29)(H,30,31)/b17-6+,19-12+. The number of nitrogens with zero attached hydrogens (tertiary/aromatic N) is 3. The van der Waals surface area contributed by atoms with Crippen molar-refractivity contribution >= 4 is 27.5 Å². The summed E-state index contributed by atoms with van der Waals surface area (Å²) in [6.45, 7) is 14.3. The molecule has 0 aliphatic rings. The maximum absolute atomic E-state index is 4.67. The molecule has 0 atom stereocenters. The Balaban J connectivity index is 1.74. The third kappa shape index (κ3) is 4.05. The molecule has 3 N–H and O–H groups in total. The van der Waals surface area contributed by atoms with E-state index in [0.29, 0.717) is 11.7 Å². The Labute approximate surface area is 181 Å². The fourth-order valence-corrected chi connectivity index (χ4v) is 3.32. The molecule has 0 spiro atoms. The Bertz CT molecular complexity index is 1300. The third-order valence-electron chi connectivity index (χ3n) is 5.25. The summed E-state index contributed by atoms with van der Waals surface area (Å²) >= 11 is 0. The Hall–Kier alpha value is -3.93. The molecule has 0 amide bonds. The van der Waals surface area contributed by atoms with Gasteiger partial charge in [-0.2, -0.15) is 5.10 Å². The van der Waals surface area contributed by atoms with E-state index in [1.807, 2.05) is 19.1 Å². The molecule has 0 radical (unpaired) electrons. The number of aromatic amines is 2. The van der Waals surface area contributed by atoms with E-state index in [4.69, 9.17) is 0 Å². The second kappa shape index (κ2) is 8.44. The zero-order chi connectivity index (χ0) is 22.0. The van der Waals surface area contributed by atoms with E-state index >= 15 is 0 Å². The predicted octanol–water partition coefficient (Wildman–Crippen LogP) is 5.73. The zero-order valence-electron chi connectivity index (χ0n) is 18.0. The Morgan fingerprint density at radius 1 is 1.19 bits per heavy atom. The topological polar surface area (TPSA) is 82.3 Å². The maximum atomic E-state index is 4.67. The van der Waals surface area contributed by atoms with E-state index in [1.54, 1.807) is 18.5 Å². The highest BCUT2D eigenvalue weighted by molar-refractivity contribution is 5.95. The fraction of sp³-hybridized carbons (Fsp3) is 0.160. The Morgan fingerprint density at radius 3 is 2.74 bits per heavy atom. The molecule has 3 heterocycles. The molecule has 31 heavy (non-hydrogen) atoms. The predicted molar refractivity (Wildman–Crippen MR) is 128 cm³/mol. The minimum atomic E-state index is 0.334. The summed E-state index contributed by atoms with van der Waals surface area (Å²) in [4.78, 5) is 12.1. The molecule has 1 aromatic carbocycles. The van der Waals surface area contributed by atoms with Gasteiger partial charge < -0.3 is 10.3 Å². The van der Waals surface area contributed by atoms with E-state index in [-0.39, 0.29) is 0 Å². The molecule has 4 aromatic rings. The van der Waals surface area contributed by atoms with Gasteiger partial charge in [-0.15, -0.1) is 0 Å². The van der Waals surface area contributed by atoms with Gasteiger partial charge in [0.15, 0.2) is 5.82 Å². The van der Waals surface area contributed by atoms with Crippen LogP contribution < -0.4 is 5.32 Å². The number of rotatable bonds is 7. The van der Waals surface area contributed by atoms with Gasteiger partial charge in [0, 0.05) is 23.0 Å². The van der Waals surface area contributed by atoms with Gasteiger partial charge in [0.05, 0.1) is 22.7 Å². The van der Waals surface area contributed by atoms with Crippen molar-refractivity contribution in [2.75, 3.05) is 0 Å². The number of H-pyrrole nitrogens is 2. The van der Waals surface area contributed by atoms with Crippen molar-refractivity contribution in [2.24, 2.45) is 5.92 Å². The largest absolute Gasteiger partial charge is 0.359 e. The van der Waals surface area contributed by atoms with Crippen LogP contribution in [0.25, 0.3) is 39.0 Å². The monoisotopic (exact) mass is 410 g/mol. The lowest BCUT2D eigenvalue weighted by molar-refractivity contribution is 0.710. The average Bonchev–Trinajstić information content (AvgIpc) is 3.39. The number of aromatic nitrogens is 5. The Morgan fingerprint density at radius 2 is 2.03 bits per heavy atom. The first kappa shape index (κ1) is 20.3. The van der Waals surface area contributed by atoms with Crippen molar-refractivity contribution in [2.45, 2.75) is 20.8 Å². The number of nitrogens with one attached hydrogen (secondary N) is 3. The van der Waals surface area contributed by atoms with Crippen LogP contribution in [0.5, 0.6) is 0 Å². The quantitative estimate of drug-likeness (QED) is 0.340. The average molecular weight is 411 g/mol. The molecule has 0 saturated heterocycles. The van der Waals surface area contributed by atoms with Crippen molar-refractivity contribution in [1.82, 2.24) is 30.5 Å². The number of benzene rings is 1. The normalized spacial score (nSPS) is 12.6. The molecule has 0 fully saturated rings. The van der Waals surface area contributed by atoms with Crippen LogP contribution in [-0.2, 0) is 0 Å². The summed E-state index contributed by atoms with van der Waals surface area (Å²) < 4.78 is 0. The number of fused-ring (bicyclic) bond motifs is 2. The smallest absolute Gasteiger partial charge is 0.159 e. The molecule has 4 rings (SSSR count). The summed E-state index contributed by atoms with van der Waals surface area (Å²) in [5, 5.41) is 12.0. The lowest BCUT2D eigenvalue weighted by atomic mass is 10.0. The van der Waals surface area contributed by atoms with Crippen LogP contribution in [0.3, 0.4) is 0 Å². The zero-order valence-corrected chi connectivity index (χ0v) is 18.0. The van der Waals surface area contributed by atoms with Gasteiger partial charge in [0.1, 0.15) is 5.69 Å². The molecule has 0 aliphatic heterocycles. The highest BCUT2D eigenvalue weighted by Gasteiger charge is 2.14. The molecule has 0 aliphatic carbocycles. The van der Waals surface area contributed by atoms with Crippen LogP contribution in [0, 0.1) is 5.92 Å². The summed E-state index contributed by atoms with van der Waals surface area (Å²) in [6.07, 6.45) is 9.47. The first-order valence-corrected chi connectivity index (χ1v) is 10.2. The second-order valence-electron chi connectivity index (χ2n) is 7.66. The van der Waals surface area contributed by atoms with Crippen LogP contribution in [-0.4, -0.2) is 25.1 Å². The molecule has 156 valence electrons. The first-order chi connectivity index (χ1) is 15.0. The van der Waals surface area contributed by atoms with E-state index in [1.165, 1.54) is 0 Å². The van der Waals surface area contributed by atoms with Crippen LogP contribution in [0.2, 0.25) is 0 Å². The van der Waals surface area contributed by atoms with E-state index in [9.17, 15) is 0 Å². The maximum Gasteiger partial charge on any atom is 0.159 e. The van der Waals surface area contributed by atoms with Gasteiger partial charge in [0.2, 0.25) is 0 Å². The van der Waals surface area contributed by atoms with Crippen molar-refractivity contribution in [1.29, 1.82) is 0 Å². The molecule has 0 bridgehead atoms. The van der Waals surface area contributed by atoms with Crippen molar-refractivity contribution < 1.29 is 0 Å². The molecule has 6 heteroatoms. The molecular weight excluding hydrogens is 384 g/mol. The van der Waals surface area contributed by atoms with E-state index in [0.717, 1.165) is 50.2 Å². The Kier molecular flexibility index (Phi) is 5.54. The molecule has 0 unspecified atom stereocenters. The van der Waals surface area contributed by atoms with Gasteiger partial charge in [-0.25, -0.2) is 4.98 Å². The number of allylic oxidation sites excluding steroid dienone is 5. The number of hydrogen-bond donors (Lipinski definition) is 3. The molecule has 3 aromatic heterocycles. The number of hydrogen-bond acceptors (Lipinski definition) is 4. The number of pyridine rings is 1. The highest BCUT2D eigenvalue weighted by atomic mass is 15.1. The summed E-state index contributed by atoms with van der Waals surface area (Å²) in [5.74, 6) is 1.05. The van der Waals surface area contributed by atoms with Gasteiger partial charge in [-0.3, -0.25) is 10.1 Å². The van der Waals surface area contributed by atoms with Gasteiger partial charge in [-0.1, -0.05) is 39.1 Å². The number of imidazole rings is 1. The molecular formula is C25H26N6. The van der Waals surface area contributed by atoms with Gasteiger partial charge >= 0.3 is 0 Å². The summed E-state index contributed by atoms with van der Waals surface area (Å²) in [6, 6.07) is 8.13. The van der Waals surface area contributed by atoms with E-state index < -0.39 is 0 Å². The molecule has 6 nitrogen and oxygen atoms in total. The second-order valence-corrected chi connectivity index (χ2v) is 7.66. The van der Waals surface area contributed by atoms with Crippen LogP contribution in [0.15, 0.2) is 79.4 Å². The van der Waals surface area contributed by atoms with Gasteiger partial charge in [-0.05, 0) is 54.3 Å². The van der Waals surface area contributed by atoms with Crippen molar-refractivity contribution in [3.05, 3.63) is 85.0 Å². The lowest BCUT2D eigenvalue weighted by Crippen LogP contribution is -2.14. The summed E-state index contributed by atoms with van der Waals surface area (Å²) in [7, 11) is 0. The minimum Gasteiger partial charge on any atom is -0.359 e. The van der Waals surface area contributed by atoms with Crippen molar-refractivity contribution in [3.63, 3.8) is 0 Å². The SMILES string of the molecule is C=C/C(=C\C(=C/C)c1ccc2[nH]nc(-c3nc4ccncc4[nH]3)c2c1)NC(=C)C(C)C. The molecule has 0 saturated carbocycles. The van der Waals surface area contributed by atoms with Gasteiger partial charge in [0.25, 0.3) is 0 Å². The van der Waals surface area contributed by atoms with E-state index in [2.05, 4.69) is 81.8 Å². The van der Waals surface area contributed by atoms with Crippen LogP contribution in [0.4, 0.5) is 0 Å².